The maximum Gasteiger partial charge on any atom is 0.144 e. The lowest BCUT2D eigenvalue weighted by molar-refractivity contribution is 0.0560. The Labute approximate surface area is 148 Å². The van der Waals surface area contributed by atoms with Crippen LogP contribution in [0, 0.1) is 5.92 Å². The zero-order valence-electron chi connectivity index (χ0n) is 14.6. The number of aromatic nitrogens is 2. The average Bonchev–Trinajstić information content (AvgIpc) is 2.63. The average molecular weight is 342 g/mol. The van der Waals surface area contributed by atoms with Gasteiger partial charge in [-0.2, -0.15) is 0 Å². The van der Waals surface area contributed by atoms with Gasteiger partial charge >= 0.3 is 0 Å². The summed E-state index contributed by atoms with van der Waals surface area (Å²) in [6.07, 6.45) is 3.18. The maximum atomic E-state index is 10.7. The predicted molar refractivity (Wildman–Crippen MR) is 97.0 cm³/mol. The largest absolute Gasteiger partial charge is 0.494 e. The summed E-state index contributed by atoms with van der Waals surface area (Å²) in [5.41, 5.74) is 6.67. The molecular formula is C19H26N4O2. The Kier molecular flexibility index (Phi) is 5.83. The van der Waals surface area contributed by atoms with Crippen LogP contribution in [0.25, 0.3) is 0 Å². The lowest BCUT2D eigenvalue weighted by Crippen LogP contribution is -2.35. The summed E-state index contributed by atoms with van der Waals surface area (Å²) in [7, 11) is 0. The number of benzene rings is 1. The summed E-state index contributed by atoms with van der Waals surface area (Å²) in [4.78, 5) is 10.8. The second-order valence-electron chi connectivity index (χ2n) is 6.46. The van der Waals surface area contributed by atoms with Gasteiger partial charge in [-0.25, -0.2) is 9.97 Å². The molecule has 3 N–H and O–H groups in total. The molecule has 1 aromatic heterocycles. The minimum absolute atomic E-state index is 0.274. The monoisotopic (exact) mass is 342 g/mol. The summed E-state index contributed by atoms with van der Waals surface area (Å²) in [6.45, 7) is 5.17. The second kappa shape index (κ2) is 8.27. The summed E-state index contributed by atoms with van der Waals surface area (Å²) in [5, 5.41) is 10.7. The SMILES string of the molecule is CCOc1ccc(C(O)C2CCN(Cc3nccc(N)n3)CC2)cc1. The Bertz CT molecular complexity index is 669. The predicted octanol–water partition coefficient (Wildman–Crippen LogP) is 2.40. The zero-order valence-corrected chi connectivity index (χ0v) is 14.6. The summed E-state index contributed by atoms with van der Waals surface area (Å²) in [5.74, 6) is 2.38. The Morgan fingerprint density at radius 3 is 2.60 bits per heavy atom. The van der Waals surface area contributed by atoms with Crippen LogP contribution in [-0.4, -0.2) is 39.7 Å². The number of aliphatic hydroxyl groups excluding tert-OH is 1. The Hall–Kier alpha value is -2.18. The van der Waals surface area contributed by atoms with Gasteiger partial charge in [-0.15, -0.1) is 0 Å². The topological polar surface area (TPSA) is 84.5 Å². The number of rotatable bonds is 6. The molecule has 1 aliphatic rings. The fourth-order valence-corrected chi connectivity index (χ4v) is 3.32. The van der Waals surface area contributed by atoms with Crippen LogP contribution in [0.5, 0.6) is 5.75 Å². The molecular weight excluding hydrogens is 316 g/mol. The van der Waals surface area contributed by atoms with Crippen molar-refractivity contribution in [3.8, 4) is 5.75 Å². The standard InChI is InChI=1S/C19H26N4O2/c1-2-25-16-5-3-14(4-6-16)19(24)15-8-11-23(12-9-15)13-18-21-10-7-17(20)22-18/h3-7,10,15,19,24H,2,8-9,11-13H2,1H3,(H2,20,21,22). The van der Waals surface area contributed by atoms with Crippen molar-refractivity contribution in [2.24, 2.45) is 5.92 Å². The molecule has 6 nitrogen and oxygen atoms in total. The third-order valence-corrected chi connectivity index (χ3v) is 4.70. The van der Waals surface area contributed by atoms with Crippen molar-refractivity contribution in [2.75, 3.05) is 25.4 Å². The van der Waals surface area contributed by atoms with E-state index < -0.39 is 6.10 Å². The van der Waals surface area contributed by atoms with Crippen molar-refractivity contribution in [3.05, 3.63) is 47.9 Å². The molecule has 0 spiro atoms. The molecule has 0 radical (unpaired) electrons. The number of nitrogen functional groups attached to an aromatic ring is 1. The number of aliphatic hydroxyl groups is 1. The van der Waals surface area contributed by atoms with Crippen molar-refractivity contribution in [2.45, 2.75) is 32.4 Å². The summed E-state index contributed by atoms with van der Waals surface area (Å²) in [6, 6.07) is 9.47. The summed E-state index contributed by atoms with van der Waals surface area (Å²) < 4.78 is 5.46. The molecule has 1 saturated heterocycles. The Balaban J connectivity index is 1.52. The van der Waals surface area contributed by atoms with Crippen molar-refractivity contribution in [3.63, 3.8) is 0 Å². The van der Waals surface area contributed by atoms with Crippen molar-refractivity contribution >= 4 is 5.82 Å². The molecule has 0 bridgehead atoms. The molecule has 134 valence electrons. The molecule has 2 heterocycles. The highest BCUT2D eigenvalue weighted by Gasteiger charge is 2.26. The van der Waals surface area contributed by atoms with Gasteiger partial charge < -0.3 is 15.6 Å². The van der Waals surface area contributed by atoms with Crippen molar-refractivity contribution in [1.29, 1.82) is 0 Å². The first-order valence-electron chi connectivity index (χ1n) is 8.86. The quantitative estimate of drug-likeness (QED) is 0.838. The number of piperidine rings is 1. The van der Waals surface area contributed by atoms with E-state index in [2.05, 4.69) is 14.9 Å². The molecule has 2 aromatic rings. The van der Waals surface area contributed by atoms with E-state index in [0.717, 1.165) is 43.1 Å². The third kappa shape index (κ3) is 4.67. The van der Waals surface area contributed by atoms with E-state index in [9.17, 15) is 5.11 Å². The lowest BCUT2D eigenvalue weighted by Gasteiger charge is -2.34. The molecule has 3 rings (SSSR count). The van der Waals surface area contributed by atoms with Crippen LogP contribution < -0.4 is 10.5 Å². The normalized spacial score (nSPS) is 17.4. The van der Waals surface area contributed by atoms with Gasteiger partial charge in [-0.1, -0.05) is 12.1 Å². The Morgan fingerprint density at radius 2 is 1.96 bits per heavy atom. The molecule has 1 aromatic carbocycles. The minimum Gasteiger partial charge on any atom is -0.494 e. The van der Waals surface area contributed by atoms with Crippen LogP contribution in [0.15, 0.2) is 36.5 Å². The van der Waals surface area contributed by atoms with Gasteiger partial charge in [0.1, 0.15) is 17.4 Å². The molecule has 1 aliphatic heterocycles. The molecule has 0 saturated carbocycles. The van der Waals surface area contributed by atoms with Gasteiger partial charge in [0.25, 0.3) is 0 Å². The third-order valence-electron chi connectivity index (χ3n) is 4.70. The van der Waals surface area contributed by atoms with Gasteiger partial charge in [0, 0.05) is 6.20 Å². The number of nitrogens with two attached hydrogens (primary N) is 1. The van der Waals surface area contributed by atoms with Gasteiger partial charge in [-0.3, -0.25) is 4.90 Å². The lowest BCUT2D eigenvalue weighted by atomic mass is 9.87. The first-order chi connectivity index (χ1) is 12.2. The number of hydrogen-bond acceptors (Lipinski definition) is 6. The minimum atomic E-state index is -0.429. The molecule has 1 unspecified atom stereocenters. The van der Waals surface area contributed by atoms with E-state index in [-0.39, 0.29) is 5.92 Å². The molecule has 0 amide bonds. The molecule has 25 heavy (non-hydrogen) atoms. The van der Waals surface area contributed by atoms with Crippen LogP contribution in [0.3, 0.4) is 0 Å². The van der Waals surface area contributed by atoms with Crippen LogP contribution in [0.1, 0.15) is 37.3 Å². The van der Waals surface area contributed by atoms with E-state index in [4.69, 9.17) is 10.5 Å². The highest BCUT2D eigenvalue weighted by atomic mass is 16.5. The number of anilines is 1. The van der Waals surface area contributed by atoms with Crippen molar-refractivity contribution < 1.29 is 9.84 Å². The van der Waals surface area contributed by atoms with Gasteiger partial charge in [0.05, 0.1) is 19.3 Å². The fraction of sp³-hybridized carbons (Fsp3) is 0.474. The van der Waals surface area contributed by atoms with Crippen molar-refractivity contribution in [1.82, 2.24) is 14.9 Å². The molecule has 1 atom stereocenters. The highest BCUT2D eigenvalue weighted by molar-refractivity contribution is 5.29. The second-order valence-corrected chi connectivity index (χ2v) is 6.46. The van der Waals surface area contributed by atoms with Crippen LogP contribution in [0.2, 0.25) is 0 Å². The van der Waals surface area contributed by atoms with E-state index >= 15 is 0 Å². The van der Waals surface area contributed by atoms with E-state index in [1.807, 2.05) is 31.2 Å². The molecule has 1 fully saturated rings. The molecule has 0 aliphatic carbocycles. The van der Waals surface area contributed by atoms with Crippen LogP contribution in [0.4, 0.5) is 5.82 Å². The van der Waals surface area contributed by atoms with Gasteiger partial charge in [0.2, 0.25) is 0 Å². The van der Waals surface area contributed by atoms with E-state index in [1.54, 1.807) is 12.3 Å². The first-order valence-corrected chi connectivity index (χ1v) is 8.86. The van der Waals surface area contributed by atoms with Crippen LogP contribution >= 0.6 is 0 Å². The van der Waals surface area contributed by atoms with Gasteiger partial charge in [0.15, 0.2) is 0 Å². The van der Waals surface area contributed by atoms with E-state index in [0.29, 0.717) is 19.0 Å². The highest BCUT2D eigenvalue weighted by Crippen LogP contribution is 2.31. The number of nitrogens with zero attached hydrogens (tertiary/aromatic N) is 3. The Morgan fingerprint density at radius 1 is 1.24 bits per heavy atom. The number of ether oxygens (including phenoxy) is 1. The molecule has 6 heteroatoms. The maximum absolute atomic E-state index is 10.7. The number of likely N-dealkylation sites (tertiary alicyclic amines) is 1. The van der Waals surface area contributed by atoms with Gasteiger partial charge in [-0.05, 0) is 62.5 Å². The smallest absolute Gasteiger partial charge is 0.144 e. The summed E-state index contributed by atoms with van der Waals surface area (Å²) >= 11 is 0. The number of hydrogen-bond donors (Lipinski definition) is 2. The van der Waals surface area contributed by atoms with E-state index in [1.165, 1.54) is 0 Å². The van der Waals surface area contributed by atoms with Crippen LogP contribution in [-0.2, 0) is 6.54 Å². The first kappa shape index (κ1) is 17.6. The fourth-order valence-electron chi connectivity index (χ4n) is 3.32. The zero-order chi connectivity index (χ0) is 17.6.